The minimum atomic E-state index is -4.69. The number of aryl methyl sites for hydroxylation is 1. The Balaban J connectivity index is 2.07. The van der Waals surface area contributed by atoms with Gasteiger partial charge in [0.1, 0.15) is 6.04 Å². The molecule has 214 valence electrons. The predicted molar refractivity (Wildman–Crippen MR) is 137 cm³/mol. The lowest BCUT2D eigenvalue weighted by Crippen LogP contribution is -2.35. The average molecular weight is 593 g/mol. The van der Waals surface area contributed by atoms with Crippen molar-refractivity contribution >= 4 is 43.3 Å². The Morgan fingerprint density at radius 2 is 1.54 bits per heavy atom. The van der Waals surface area contributed by atoms with Crippen molar-refractivity contribution in [1.29, 1.82) is 0 Å². The van der Waals surface area contributed by atoms with Crippen molar-refractivity contribution in [3.8, 4) is 0 Å². The summed E-state index contributed by atoms with van der Waals surface area (Å²) in [4.78, 5) is 23.3. The van der Waals surface area contributed by atoms with Gasteiger partial charge in [0, 0.05) is 30.8 Å². The number of anilines is 1. The van der Waals surface area contributed by atoms with Crippen molar-refractivity contribution in [3.05, 3.63) is 65.7 Å². The minimum Gasteiger partial charge on any atom is -0.355 e. The van der Waals surface area contributed by atoms with Gasteiger partial charge in [0.15, 0.2) is 0 Å². The molecular formula is C23H27F3N4O7S2. The van der Waals surface area contributed by atoms with Gasteiger partial charge in [0.25, 0.3) is 20.1 Å². The van der Waals surface area contributed by atoms with Crippen LogP contribution in [0.3, 0.4) is 0 Å². The Morgan fingerprint density at radius 3 is 2.08 bits per heavy atom. The van der Waals surface area contributed by atoms with Crippen LogP contribution in [0.15, 0.2) is 59.5 Å². The number of rotatable bonds is 12. The van der Waals surface area contributed by atoms with E-state index >= 15 is 0 Å². The van der Waals surface area contributed by atoms with Gasteiger partial charge in [-0.3, -0.25) is 14.1 Å². The largest absolute Gasteiger partial charge is 0.407 e. The standard InChI is InChI=1S/C23H27F3N4O7S2/c1-15-2-4-16(5-3-15)19(14-20(27)23(24,25)26)29-17-6-8-18(9-7-17)39(36,37)30-22(32)11-10-21(31)28-12-13-38(33,34)35/h2-9,14,20,29H,10-13,27H2,1H3,(H,28,31)(H,30,32)(H,33,34,35)/b19-14-. The number of carbonyl (C=O) groups excluding carboxylic acids is 2. The fraction of sp³-hybridized carbons (Fsp3) is 0.304. The number of halogens is 3. The number of nitrogens with one attached hydrogen (secondary N) is 3. The molecular weight excluding hydrogens is 565 g/mol. The van der Waals surface area contributed by atoms with E-state index in [0.29, 0.717) is 5.56 Å². The zero-order valence-corrected chi connectivity index (χ0v) is 22.2. The lowest BCUT2D eigenvalue weighted by atomic mass is 10.1. The molecule has 0 aliphatic heterocycles. The Bertz CT molecular complexity index is 1410. The second-order valence-corrected chi connectivity index (χ2v) is 11.6. The maximum atomic E-state index is 13.1. The van der Waals surface area contributed by atoms with Gasteiger partial charge in [-0.15, -0.1) is 0 Å². The zero-order chi connectivity index (χ0) is 29.4. The molecule has 2 aromatic carbocycles. The highest BCUT2D eigenvalue weighted by Crippen LogP contribution is 2.25. The van der Waals surface area contributed by atoms with Crippen LogP contribution in [0.4, 0.5) is 18.9 Å². The van der Waals surface area contributed by atoms with E-state index in [-0.39, 0.29) is 22.8 Å². The van der Waals surface area contributed by atoms with Crippen molar-refractivity contribution < 1.29 is 44.1 Å². The third kappa shape index (κ3) is 11.0. The fourth-order valence-electron chi connectivity index (χ4n) is 2.98. The van der Waals surface area contributed by atoms with E-state index in [2.05, 4.69) is 10.6 Å². The van der Waals surface area contributed by atoms with E-state index in [1.165, 1.54) is 12.1 Å². The maximum absolute atomic E-state index is 13.1. The molecule has 39 heavy (non-hydrogen) atoms. The molecule has 11 nitrogen and oxygen atoms in total. The van der Waals surface area contributed by atoms with Crippen LogP contribution in [0.2, 0.25) is 0 Å². The Labute approximate surface area is 223 Å². The van der Waals surface area contributed by atoms with Crippen LogP contribution >= 0.6 is 0 Å². The van der Waals surface area contributed by atoms with Crippen molar-refractivity contribution in [3.63, 3.8) is 0 Å². The van der Waals surface area contributed by atoms with Gasteiger partial charge < -0.3 is 16.4 Å². The normalized spacial score (nSPS) is 13.4. The summed E-state index contributed by atoms with van der Waals surface area (Å²) in [5.41, 5.74) is 6.83. The number of nitrogens with two attached hydrogens (primary N) is 1. The summed E-state index contributed by atoms with van der Waals surface area (Å²) in [7, 11) is -8.61. The van der Waals surface area contributed by atoms with Gasteiger partial charge in [-0.2, -0.15) is 21.6 Å². The molecule has 2 rings (SSSR count). The number of hydrogen-bond acceptors (Lipinski definition) is 8. The molecule has 1 unspecified atom stereocenters. The summed E-state index contributed by atoms with van der Waals surface area (Å²) in [5.74, 6) is -2.46. The van der Waals surface area contributed by atoms with E-state index in [1.807, 2.05) is 6.92 Å². The van der Waals surface area contributed by atoms with E-state index < -0.39 is 62.8 Å². The molecule has 16 heteroatoms. The van der Waals surface area contributed by atoms with Crippen molar-refractivity contribution in [2.75, 3.05) is 17.6 Å². The fourth-order valence-corrected chi connectivity index (χ4v) is 4.36. The highest BCUT2D eigenvalue weighted by Gasteiger charge is 2.35. The number of carbonyl (C=O) groups is 2. The maximum Gasteiger partial charge on any atom is 0.407 e. The molecule has 0 aliphatic rings. The summed E-state index contributed by atoms with van der Waals surface area (Å²) in [6.07, 6.45) is -4.85. The van der Waals surface area contributed by atoms with Crippen LogP contribution in [0.25, 0.3) is 5.70 Å². The molecule has 2 aromatic rings. The van der Waals surface area contributed by atoms with Crippen LogP contribution in [0.1, 0.15) is 24.0 Å². The van der Waals surface area contributed by atoms with E-state index in [0.717, 1.165) is 23.8 Å². The van der Waals surface area contributed by atoms with Crippen LogP contribution in [0, 0.1) is 6.92 Å². The van der Waals surface area contributed by atoms with Gasteiger partial charge in [0.2, 0.25) is 11.8 Å². The lowest BCUT2D eigenvalue weighted by molar-refractivity contribution is -0.136. The monoisotopic (exact) mass is 592 g/mol. The topological polar surface area (TPSA) is 185 Å². The molecule has 0 aliphatic carbocycles. The number of alkyl halides is 3. The van der Waals surface area contributed by atoms with E-state index in [4.69, 9.17) is 10.3 Å². The molecule has 0 saturated carbocycles. The van der Waals surface area contributed by atoms with Crippen LogP contribution in [0.5, 0.6) is 0 Å². The Morgan fingerprint density at radius 1 is 0.974 bits per heavy atom. The molecule has 2 amide bonds. The van der Waals surface area contributed by atoms with Gasteiger partial charge in [0.05, 0.1) is 10.6 Å². The quantitative estimate of drug-likeness (QED) is 0.230. The molecule has 0 bridgehead atoms. The summed E-state index contributed by atoms with van der Waals surface area (Å²) in [6.45, 7) is 1.42. The van der Waals surface area contributed by atoms with Crippen LogP contribution in [-0.2, 0) is 29.7 Å². The second kappa shape index (κ2) is 13.1. The Hall–Kier alpha value is -3.47. The third-order valence-corrected chi connectivity index (χ3v) is 7.15. The molecule has 0 heterocycles. The number of hydrogen-bond donors (Lipinski definition) is 5. The second-order valence-electron chi connectivity index (χ2n) is 8.33. The molecule has 0 aromatic heterocycles. The molecule has 0 saturated heterocycles. The van der Waals surface area contributed by atoms with Crippen LogP contribution < -0.4 is 21.1 Å². The summed E-state index contributed by atoms with van der Waals surface area (Å²) in [5, 5.41) is 4.95. The van der Waals surface area contributed by atoms with E-state index in [1.54, 1.807) is 29.0 Å². The first-order valence-corrected chi connectivity index (χ1v) is 14.3. The molecule has 0 fully saturated rings. The van der Waals surface area contributed by atoms with Gasteiger partial charge >= 0.3 is 6.18 Å². The highest BCUT2D eigenvalue weighted by atomic mass is 32.2. The molecule has 1 atom stereocenters. The van der Waals surface area contributed by atoms with Gasteiger partial charge in [-0.1, -0.05) is 29.8 Å². The van der Waals surface area contributed by atoms with Gasteiger partial charge in [-0.25, -0.2) is 13.1 Å². The van der Waals surface area contributed by atoms with Gasteiger partial charge in [-0.05, 0) is 42.8 Å². The first-order chi connectivity index (χ1) is 18.0. The van der Waals surface area contributed by atoms with Crippen molar-refractivity contribution in [2.24, 2.45) is 5.73 Å². The molecule has 6 N–H and O–H groups in total. The number of amides is 2. The third-order valence-electron chi connectivity index (χ3n) is 5.04. The zero-order valence-electron chi connectivity index (χ0n) is 20.5. The van der Waals surface area contributed by atoms with Crippen LogP contribution in [-0.4, -0.2) is 57.7 Å². The first kappa shape index (κ1) is 31.7. The SMILES string of the molecule is Cc1ccc(/C(=C/C(N)C(F)(F)F)Nc2ccc(S(=O)(=O)NC(=O)CCC(=O)NCCS(=O)(=O)O)cc2)cc1. The summed E-state index contributed by atoms with van der Waals surface area (Å²) < 4.78 is 95.8. The summed E-state index contributed by atoms with van der Waals surface area (Å²) >= 11 is 0. The first-order valence-electron chi connectivity index (χ1n) is 11.2. The molecule has 0 spiro atoms. The number of benzene rings is 2. The predicted octanol–water partition coefficient (Wildman–Crippen LogP) is 1.93. The lowest BCUT2D eigenvalue weighted by Gasteiger charge is -2.17. The smallest absolute Gasteiger partial charge is 0.355 e. The molecule has 0 radical (unpaired) electrons. The highest BCUT2D eigenvalue weighted by molar-refractivity contribution is 7.90. The average Bonchev–Trinajstić information content (AvgIpc) is 2.81. The number of sulfonamides is 1. The summed E-state index contributed by atoms with van der Waals surface area (Å²) in [6, 6.07) is 9.14. The van der Waals surface area contributed by atoms with Crippen molar-refractivity contribution in [2.45, 2.75) is 36.9 Å². The van der Waals surface area contributed by atoms with Crippen molar-refractivity contribution in [1.82, 2.24) is 10.0 Å². The van der Waals surface area contributed by atoms with E-state index in [9.17, 15) is 39.6 Å². The minimum absolute atomic E-state index is 0.0404. The Kier molecular flexibility index (Phi) is 10.6.